The molecule has 0 unspecified atom stereocenters. The summed E-state index contributed by atoms with van der Waals surface area (Å²) in [7, 11) is 0. The minimum absolute atomic E-state index is 0.0898. The highest BCUT2D eigenvalue weighted by atomic mass is 16.5. The molecule has 0 radical (unpaired) electrons. The normalized spacial score (nSPS) is 10.1. The average molecular weight is 244 g/mol. The Morgan fingerprint density at radius 3 is 2.33 bits per heavy atom. The van der Waals surface area contributed by atoms with Crippen molar-refractivity contribution in [2.75, 3.05) is 0 Å². The molecule has 0 aromatic heterocycles. The molecule has 4 heteroatoms. The third kappa shape index (κ3) is 2.60. The summed E-state index contributed by atoms with van der Waals surface area (Å²) in [6.07, 6.45) is 0. The Labute approximate surface area is 104 Å². The lowest BCUT2D eigenvalue weighted by Gasteiger charge is -2.06. The number of carbonyl (C=O) groups excluding carboxylic acids is 1. The van der Waals surface area contributed by atoms with Gasteiger partial charge in [-0.25, -0.2) is 4.79 Å². The largest absolute Gasteiger partial charge is 0.508 e. The summed E-state index contributed by atoms with van der Waals surface area (Å²) in [6.45, 7) is 1.72. The van der Waals surface area contributed by atoms with Crippen molar-refractivity contribution in [1.29, 1.82) is 0 Å². The zero-order chi connectivity index (χ0) is 13.1. The number of benzene rings is 2. The number of ether oxygens (including phenoxy) is 1. The Kier molecular flexibility index (Phi) is 3.19. The highest BCUT2D eigenvalue weighted by Crippen LogP contribution is 2.22. The molecule has 4 nitrogen and oxygen atoms in total. The van der Waals surface area contributed by atoms with Crippen molar-refractivity contribution < 1.29 is 19.7 Å². The van der Waals surface area contributed by atoms with E-state index in [-0.39, 0.29) is 11.5 Å². The van der Waals surface area contributed by atoms with Crippen LogP contribution in [0.3, 0.4) is 0 Å². The average Bonchev–Trinajstić information content (AvgIpc) is 2.34. The molecule has 0 aliphatic heterocycles. The maximum Gasteiger partial charge on any atom is 0.343 e. The first-order valence-electron chi connectivity index (χ1n) is 5.37. The van der Waals surface area contributed by atoms with E-state index in [1.165, 1.54) is 36.4 Å². The van der Waals surface area contributed by atoms with Crippen LogP contribution in [0, 0.1) is 6.92 Å². The third-order valence-electron chi connectivity index (χ3n) is 2.48. The van der Waals surface area contributed by atoms with Crippen molar-refractivity contribution in [1.82, 2.24) is 0 Å². The first-order valence-corrected chi connectivity index (χ1v) is 5.37. The molecule has 0 saturated carbocycles. The molecule has 0 heterocycles. The van der Waals surface area contributed by atoms with Crippen molar-refractivity contribution in [3.05, 3.63) is 53.6 Å². The Hall–Kier alpha value is -2.49. The van der Waals surface area contributed by atoms with Gasteiger partial charge in [0.15, 0.2) is 0 Å². The summed E-state index contributed by atoms with van der Waals surface area (Å²) in [5.74, 6) is 0.0925. The van der Waals surface area contributed by atoms with E-state index in [4.69, 9.17) is 9.84 Å². The van der Waals surface area contributed by atoms with Crippen LogP contribution in [0.1, 0.15) is 15.9 Å². The molecule has 2 aromatic carbocycles. The minimum Gasteiger partial charge on any atom is -0.508 e. The van der Waals surface area contributed by atoms with Crippen LogP contribution in [-0.2, 0) is 0 Å². The van der Waals surface area contributed by atoms with E-state index in [1.807, 2.05) is 0 Å². The van der Waals surface area contributed by atoms with Gasteiger partial charge in [-0.05, 0) is 55.0 Å². The SMILES string of the molecule is Cc1cc(OC(=O)c2ccc(O)cc2)ccc1O. The van der Waals surface area contributed by atoms with E-state index < -0.39 is 5.97 Å². The second-order valence-electron chi connectivity index (χ2n) is 3.88. The standard InChI is InChI=1S/C14H12O4/c1-9-8-12(6-7-13(9)16)18-14(17)10-2-4-11(15)5-3-10/h2-8,15-16H,1H3. The van der Waals surface area contributed by atoms with Crippen LogP contribution in [0.5, 0.6) is 17.2 Å². The summed E-state index contributed by atoms with van der Waals surface area (Å²) in [6, 6.07) is 10.3. The van der Waals surface area contributed by atoms with E-state index in [0.717, 1.165) is 0 Å². The number of carbonyl (C=O) groups is 1. The maximum atomic E-state index is 11.8. The molecule has 0 fully saturated rings. The molecule has 18 heavy (non-hydrogen) atoms. The molecule has 0 aliphatic carbocycles. The second-order valence-corrected chi connectivity index (χ2v) is 3.88. The number of esters is 1. The van der Waals surface area contributed by atoms with Crippen LogP contribution >= 0.6 is 0 Å². The van der Waals surface area contributed by atoms with Gasteiger partial charge in [0.25, 0.3) is 0 Å². The third-order valence-corrected chi connectivity index (χ3v) is 2.48. The van der Waals surface area contributed by atoms with Crippen LogP contribution < -0.4 is 4.74 Å². The first-order chi connectivity index (χ1) is 8.56. The minimum atomic E-state index is -0.514. The Bertz CT molecular complexity index is 573. The second kappa shape index (κ2) is 4.79. The van der Waals surface area contributed by atoms with Crippen LogP contribution in [0.15, 0.2) is 42.5 Å². The molecule has 0 amide bonds. The van der Waals surface area contributed by atoms with Crippen LogP contribution in [0.2, 0.25) is 0 Å². The summed E-state index contributed by atoms with van der Waals surface area (Å²) in [5.41, 5.74) is 0.976. The number of aryl methyl sites for hydroxylation is 1. The topological polar surface area (TPSA) is 66.8 Å². The predicted octanol–water partition coefficient (Wildman–Crippen LogP) is 2.63. The molecular weight excluding hydrogens is 232 g/mol. The lowest BCUT2D eigenvalue weighted by atomic mass is 10.2. The number of phenols is 2. The maximum absolute atomic E-state index is 11.8. The number of hydrogen-bond acceptors (Lipinski definition) is 4. The van der Waals surface area contributed by atoms with E-state index in [9.17, 15) is 9.90 Å². The van der Waals surface area contributed by atoms with E-state index in [1.54, 1.807) is 13.0 Å². The van der Waals surface area contributed by atoms with Crippen LogP contribution in [0.4, 0.5) is 0 Å². The molecule has 0 spiro atoms. The lowest BCUT2D eigenvalue weighted by Crippen LogP contribution is -2.08. The lowest BCUT2D eigenvalue weighted by molar-refractivity contribution is 0.0734. The van der Waals surface area contributed by atoms with Gasteiger partial charge in [0, 0.05) is 0 Å². The number of aromatic hydroxyl groups is 2. The van der Waals surface area contributed by atoms with Gasteiger partial charge in [0.1, 0.15) is 17.2 Å². The van der Waals surface area contributed by atoms with Gasteiger partial charge in [-0.15, -0.1) is 0 Å². The summed E-state index contributed by atoms with van der Waals surface area (Å²) < 4.78 is 5.14. The highest BCUT2D eigenvalue weighted by Gasteiger charge is 2.09. The molecule has 0 bridgehead atoms. The fourth-order valence-corrected chi connectivity index (χ4v) is 1.45. The number of phenolic OH excluding ortho intramolecular Hbond substituents is 2. The number of rotatable bonds is 2. The van der Waals surface area contributed by atoms with Gasteiger partial charge in [0.2, 0.25) is 0 Å². The Morgan fingerprint density at radius 2 is 1.72 bits per heavy atom. The highest BCUT2D eigenvalue weighted by molar-refractivity contribution is 5.91. The number of hydrogen-bond donors (Lipinski definition) is 2. The molecular formula is C14H12O4. The molecule has 0 atom stereocenters. The van der Waals surface area contributed by atoms with Crippen LogP contribution in [-0.4, -0.2) is 16.2 Å². The molecule has 2 rings (SSSR count). The molecule has 2 N–H and O–H groups in total. The molecule has 0 aliphatic rings. The fraction of sp³-hybridized carbons (Fsp3) is 0.0714. The molecule has 2 aromatic rings. The monoisotopic (exact) mass is 244 g/mol. The van der Waals surface area contributed by atoms with E-state index in [0.29, 0.717) is 16.9 Å². The molecule has 0 saturated heterocycles. The fourth-order valence-electron chi connectivity index (χ4n) is 1.45. The summed E-state index contributed by atoms with van der Waals surface area (Å²) in [5, 5.41) is 18.5. The zero-order valence-electron chi connectivity index (χ0n) is 9.75. The summed E-state index contributed by atoms with van der Waals surface area (Å²) >= 11 is 0. The zero-order valence-corrected chi connectivity index (χ0v) is 9.75. The first kappa shape index (κ1) is 12.0. The van der Waals surface area contributed by atoms with E-state index in [2.05, 4.69) is 0 Å². The molecule has 92 valence electrons. The van der Waals surface area contributed by atoms with Crippen molar-refractivity contribution in [3.63, 3.8) is 0 Å². The Morgan fingerprint density at radius 1 is 1.06 bits per heavy atom. The van der Waals surface area contributed by atoms with Crippen LogP contribution in [0.25, 0.3) is 0 Å². The quantitative estimate of drug-likeness (QED) is 0.629. The predicted molar refractivity (Wildman–Crippen MR) is 65.9 cm³/mol. The van der Waals surface area contributed by atoms with Crippen molar-refractivity contribution in [2.24, 2.45) is 0 Å². The smallest absolute Gasteiger partial charge is 0.343 e. The van der Waals surface area contributed by atoms with Crippen molar-refractivity contribution >= 4 is 5.97 Å². The van der Waals surface area contributed by atoms with Gasteiger partial charge >= 0.3 is 5.97 Å². The van der Waals surface area contributed by atoms with Gasteiger partial charge in [-0.3, -0.25) is 0 Å². The van der Waals surface area contributed by atoms with Crippen molar-refractivity contribution in [3.8, 4) is 17.2 Å². The van der Waals surface area contributed by atoms with Gasteiger partial charge in [0.05, 0.1) is 5.56 Å². The Balaban J connectivity index is 2.16. The van der Waals surface area contributed by atoms with Crippen molar-refractivity contribution in [2.45, 2.75) is 6.92 Å². The van der Waals surface area contributed by atoms with Gasteiger partial charge in [-0.1, -0.05) is 0 Å². The van der Waals surface area contributed by atoms with Gasteiger partial charge in [-0.2, -0.15) is 0 Å². The van der Waals surface area contributed by atoms with E-state index >= 15 is 0 Å². The van der Waals surface area contributed by atoms with Gasteiger partial charge < -0.3 is 14.9 Å². The summed E-state index contributed by atoms with van der Waals surface area (Å²) in [4.78, 5) is 11.8.